The summed E-state index contributed by atoms with van der Waals surface area (Å²) >= 11 is 9.32. The zero-order valence-electron chi connectivity index (χ0n) is 12.9. The van der Waals surface area contributed by atoms with Crippen LogP contribution in [-0.2, 0) is 13.6 Å². The molecule has 0 amide bonds. The normalized spacial score (nSPS) is 15.9. The molecule has 0 aliphatic carbocycles. The lowest BCUT2D eigenvalue weighted by Crippen LogP contribution is -2.46. The minimum Gasteiger partial charge on any atom is -0.367 e. The second-order valence-electron chi connectivity index (χ2n) is 5.66. The molecule has 0 saturated carbocycles. The summed E-state index contributed by atoms with van der Waals surface area (Å²) in [7, 11) is 1.65. The molecule has 0 bridgehead atoms. The summed E-state index contributed by atoms with van der Waals surface area (Å²) < 4.78 is 1.92. The van der Waals surface area contributed by atoms with Crippen LogP contribution in [-0.4, -0.2) is 40.9 Å². The van der Waals surface area contributed by atoms with Gasteiger partial charge in [0, 0.05) is 44.8 Å². The fraction of sp³-hybridized carbons (Fsp3) is 0.375. The molecule has 2 aromatic rings. The topological polar surface area (TPSA) is 41.4 Å². The average molecular weight is 398 g/mol. The molecular formula is C16H18BrClN4O. The molecule has 3 rings (SSSR count). The van der Waals surface area contributed by atoms with E-state index >= 15 is 0 Å². The third-order valence-electron chi connectivity index (χ3n) is 4.09. The number of benzene rings is 1. The van der Waals surface area contributed by atoms with E-state index in [9.17, 15) is 4.79 Å². The van der Waals surface area contributed by atoms with Crippen molar-refractivity contribution in [3.05, 3.63) is 55.9 Å². The van der Waals surface area contributed by atoms with Crippen molar-refractivity contribution in [2.75, 3.05) is 31.1 Å². The number of hydrogen-bond donors (Lipinski definition) is 0. The minimum atomic E-state index is -0.105. The summed E-state index contributed by atoms with van der Waals surface area (Å²) in [5, 5.41) is 4.88. The zero-order valence-corrected chi connectivity index (χ0v) is 15.2. The first-order valence-electron chi connectivity index (χ1n) is 7.48. The second-order valence-corrected chi connectivity index (χ2v) is 6.89. The lowest BCUT2D eigenvalue weighted by atomic mass is 10.2. The Morgan fingerprint density at radius 1 is 1.17 bits per heavy atom. The summed E-state index contributed by atoms with van der Waals surface area (Å²) in [6.45, 7) is 4.57. The SMILES string of the molecule is Cn1ncc(N2CCN(Cc3ccc(Cl)cc3)CC2)c(Br)c1=O. The lowest BCUT2D eigenvalue weighted by molar-refractivity contribution is 0.249. The molecule has 5 nitrogen and oxygen atoms in total. The second kappa shape index (κ2) is 7.03. The van der Waals surface area contributed by atoms with Crippen molar-refractivity contribution in [2.45, 2.75) is 6.54 Å². The Balaban J connectivity index is 1.63. The van der Waals surface area contributed by atoms with Gasteiger partial charge in [0.15, 0.2) is 0 Å². The van der Waals surface area contributed by atoms with Crippen LogP contribution in [0.5, 0.6) is 0 Å². The molecule has 0 N–H and O–H groups in total. The molecule has 0 radical (unpaired) electrons. The van der Waals surface area contributed by atoms with Gasteiger partial charge in [0.1, 0.15) is 4.47 Å². The standard InChI is InChI=1S/C16H18BrClN4O/c1-20-16(23)15(17)14(10-19-20)22-8-6-21(7-9-22)11-12-2-4-13(18)5-3-12/h2-5,10H,6-9,11H2,1H3. The van der Waals surface area contributed by atoms with Crippen molar-refractivity contribution in [1.29, 1.82) is 0 Å². The van der Waals surface area contributed by atoms with Crippen LogP contribution in [0.15, 0.2) is 39.7 Å². The number of piperazine rings is 1. The molecular weight excluding hydrogens is 380 g/mol. The fourth-order valence-electron chi connectivity index (χ4n) is 2.72. The molecule has 0 unspecified atom stereocenters. The van der Waals surface area contributed by atoms with E-state index in [0.717, 1.165) is 43.4 Å². The minimum absolute atomic E-state index is 0.105. The Bertz CT molecular complexity index is 739. The summed E-state index contributed by atoms with van der Waals surface area (Å²) in [5.41, 5.74) is 2.03. The molecule has 7 heteroatoms. The third-order valence-corrected chi connectivity index (χ3v) is 5.09. The van der Waals surface area contributed by atoms with E-state index in [2.05, 4.69) is 43.0 Å². The molecule has 1 aliphatic rings. The van der Waals surface area contributed by atoms with Crippen LogP contribution < -0.4 is 10.5 Å². The van der Waals surface area contributed by atoms with E-state index in [1.54, 1.807) is 13.2 Å². The van der Waals surface area contributed by atoms with E-state index in [1.165, 1.54) is 10.2 Å². The largest absolute Gasteiger partial charge is 0.367 e. The van der Waals surface area contributed by atoms with Crippen molar-refractivity contribution in [3.63, 3.8) is 0 Å². The van der Waals surface area contributed by atoms with Crippen LogP contribution in [0.3, 0.4) is 0 Å². The molecule has 23 heavy (non-hydrogen) atoms. The van der Waals surface area contributed by atoms with Gasteiger partial charge in [0.05, 0.1) is 11.9 Å². The maximum atomic E-state index is 12.0. The predicted octanol–water partition coefficient (Wildman–Crippen LogP) is 2.52. The van der Waals surface area contributed by atoms with Crippen LogP contribution in [0, 0.1) is 0 Å². The first-order chi connectivity index (χ1) is 11.0. The van der Waals surface area contributed by atoms with Crippen LogP contribution in [0.25, 0.3) is 0 Å². The maximum absolute atomic E-state index is 12.0. The van der Waals surface area contributed by atoms with E-state index in [0.29, 0.717) is 4.47 Å². The predicted molar refractivity (Wildman–Crippen MR) is 96.1 cm³/mol. The van der Waals surface area contributed by atoms with Crippen molar-refractivity contribution in [1.82, 2.24) is 14.7 Å². The molecule has 1 aromatic heterocycles. The van der Waals surface area contributed by atoms with Crippen LogP contribution in [0.1, 0.15) is 5.56 Å². The van der Waals surface area contributed by atoms with E-state index in [-0.39, 0.29) is 5.56 Å². The Morgan fingerprint density at radius 3 is 2.48 bits per heavy atom. The molecule has 1 saturated heterocycles. The van der Waals surface area contributed by atoms with Gasteiger partial charge in [0.25, 0.3) is 5.56 Å². The van der Waals surface area contributed by atoms with Gasteiger partial charge in [-0.05, 0) is 33.6 Å². The quantitative estimate of drug-likeness (QED) is 0.798. The maximum Gasteiger partial charge on any atom is 0.282 e. The number of aryl methyl sites for hydroxylation is 1. The Kier molecular flexibility index (Phi) is 5.04. The van der Waals surface area contributed by atoms with Crippen LogP contribution in [0.4, 0.5) is 5.69 Å². The van der Waals surface area contributed by atoms with Crippen molar-refractivity contribution in [2.24, 2.45) is 7.05 Å². The van der Waals surface area contributed by atoms with Crippen molar-refractivity contribution >= 4 is 33.2 Å². The molecule has 2 heterocycles. The number of aromatic nitrogens is 2. The molecule has 1 aromatic carbocycles. The van der Waals surface area contributed by atoms with Gasteiger partial charge in [0.2, 0.25) is 0 Å². The molecule has 1 aliphatic heterocycles. The van der Waals surface area contributed by atoms with Crippen molar-refractivity contribution < 1.29 is 0 Å². The fourth-order valence-corrected chi connectivity index (χ4v) is 3.45. The Hall–Kier alpha value is -1.37. The number of halogens is 2. The van der Waals surface area contributed by atoms with Gasteiger partial charge < -0.3 is 4.90 Å². The Labute approximate surface area is 148 Å². The average Bonchev–Trinajstić information content (AvgIpc) is 2.56. The van der Waals surface area contributed by atoms with Gasteiger partial charge in [-0.3, -0.25) is 9.69 Å². The monoisotopic (exact) mass is 396 g/mol. The number of anilines is 1. The highest BCUT2D eigenvalue weighted by molar-refractivity contribution is 9.10. The third kappa shape index (κ3) is 3.76. The molecule has 1 fully saturated rings. The molecule has 122 valence electrons. The zero-order chi connectivity index (χ0) is 16.4. The number of nitrogens with zero attached hydrogens (tertiary/aromatic N) is 4. The lowest BCUT2D eigenvalue weighted by Gasteiger charge is -2.36. The van der Waals surface area contributed by atoms with Crippen LogP contribution in [0.2, 0.25) is 5.02 Å². The number of rotatable bonds is 3. The van der Waals surface area contributed by atoms with Gasteiger partial charge in [-0.2, -0.15) is 5.10 Å². The first kappa shape index (κ1) is 16.5. The molecule has 0 spiro atoms. The van der Waals surface area contributed by atoms with E-state index < -0.39 is 0 Å². The Morgan fingerprint density at radius 2 is 1.83 bits per heavy atom. The van der Waals surface area contributed by atoms with Gasteiger partial charge in [-0.25, -0.2) is 4.68 Å². The summed E-state index contributed by atoms with van der Waals surface area (Å²) in [4.78, 5) is 16.6. The van der Waals surface area contributed by atoms with Gasteiger partial charge in [-0.1, -0.05) is 23.7 Å². The molecule has 0 atom stereocenters. The number of hydrogen-bond acceptors (Lipinski definition) is 4. The van der Waals surface area contributed by atoms with Crippen molar-refractivity contribution in [3.8, 4) is 0 Å². The highest BCUT2D eigenvalue weighted by atomic mass is 79.9. The first-order valence-corrected chi connectivity index (χ1v) is 8.65. The van der Waals surface area contributed by atoms with Gasteiger partial charge >= 0.3 is 0 Å². The van der Waals surface area contributed by atoms with E-state index in [4.69, 9.17) is 11.6 Å². The highest BCUT2D eigenvalue weighted by Crippen LogP contribution is 2.23. The summed E-state index contributed by atoms with van der Waals surface area (Å²) in [6, 6.07) is 7.98. The van der Waals surface area contributed by atoms with E-state index in [1.807, 2.05) is 12.1 Å². The van der Waals surface area contributed by atoms with Gasteiger partial charge in [-0.15, -0.1) is 0 Å². The van der Waals surface area contributed by atoms with Crippen LogP contribution >= 0.6 is 27.5 Å². The summed E-state index contributed by atoms with van der Waals surface area (Å²) in [6.07, 6.45) is 1.75. The summed E-state index contributed by atoms with van der Waals surface area (Å²) in [5.74, 6) is 0. The smallest absolute Gasteiger partial charge is 0.282 e. The highest BCUT2D eigenvalue weighted by Gasteiger charge is 2.20.